The number of H-pyrrole nitrogens is 1. The number of ketones is 1. The van der Waals surface area contributed by atoms with Crippen molar-refractivity contribution in [2.45, 2.75) is 50.2 Å². The van der Waals surface area contributed by atoms with Crippen molar-refractivity contribution in [3.8, 4) is 0 Å². The normalized spacial score (nSPS) is 25.3. The van der Waals surface area contributed by atoms with Crippen molar-refractivity contribution in [3.63, 3.8) is 0 Å². The molecule has 1 saturated heterocycles. The Bertz CT molecular complexity index is 756. The van der Waals surface area contributed by atoms with Crippen molar-refractivity contribution < 1.29 is 19.7 Å². The zero-order valence-corrected chi connectivity index (χ0v) is 14.7. The first-order valence-electron chi connectivity index (χ1n) is 8.54. The van der Waals surface area contributed by atoms with Crippen LogP contribution in [0.2, 0.25) is 0 Å². The molecule has 144 valence electrons. The molecule has 4 atom stereocenters. The van der Waals surface area contributed by atoms with E-state index in [1.165, 1.54) is 10.8 Å². The first-order valence-corrected chi connectivity index (χ1v) is 8.54. The molecule has 2 rings (SSSR count). The van der Waals surface area contributed by atoms with Crippen LogP contribution in [0.15, 0.2) is 28.4 Å². The minimum atomic E-state index is -1.40. The summed E-state index contributed by atoms with van der Waals surface area (Å²) >= 11 is 0. The van der Waals surface area contributed by atoms with E-state index < -0.39 is 41.4 Å². The fourth-order valence-electron chi connectivity index (χ4n) is 2.93. The maximum atomic E-state index is 12.0. The average molecular weight is 367 g/mol. The molecule has 1 aromatic heterocycles. The summed E-state index contributed by atoms with van der Waals surface area (Å²) in [5, 5.41) is 23.1. The average Bonchev–Trinajstić information content (AvgIpc) is 2.90. The van der Waals surface area contributed by atoms with Gasteiger partial charge in [0.05, 0.1) is 6.54 Å². The van der Waals surface area contributed by atoms with Crippen LogP contribution in [0.4, 0.5) is 0 Å². The van der Waals surface area contributed by atoms with Crippen molar-refractivity contribution >= 4 is 5.78 Å². The van der Waals surface area contributed by atoms with E-state index in [9.17, 15) is 24.6 Å². The van der Waals surface area contributed by atoms with E-state index in [4.69, 9.17) is 4.74 Å². The quantitative estimate of drug-likeness (QED) is 0.303. The van der Waals surface area contributed by atoms with Crippen LogP contribution < -0.4 is 16.6 Å². The molecule has 1 aliphatic heterocycles. The van der Waals surface area contributed by atoms with Crippen molar-refractivity contribution in [1.29, 1.82) is 0 Å². The number of carbonyl (C=O) groups excluding carboxylic acids is 1. The topological polar surface area (TPSA) is 134 Å². The van der Waals surface area contributed by atoms with E-state index in [-0.39, 0.29) is 6.54 Å². The molecular weight excluding hydrogens is 342 g/mol. The van der Waals surface area contributed by atoms with Crippen LogP contribution in [0.25, 0.3) is 0 Å². The van der Waals surface area contributed by atoms with Crippen LogP contribution in [0, 0.1) is 0 Å². The molecule has 9 heteroatoms. The van der Waals surface area contributed by atoms with Gasteiger partial charge in [-0.15, -0.1) is 0 Å². The largest absolute Gasteiger partial charge is 0.388 e. The Morgan fingerprint density at radius 1 is 1.38 bits per heavy atom. The zero-order chi connectivity index (χ0) is 19.3. The van der Waals surface area contributed by atoms with Gasteiger partial charge in [-0.2, -0.15) is 0 Å². The van der Waals surface area contributed by atoms with Gasteiger partial charge in [-0.25, -0.2) is 4.79 Å². The molecule has 0 aromatic carbocycles. The lowest BCUT2D eigenvalue weighted by molar-refractivity contribution is -0.128. The van der Waals surface area contributed by atoms with Gasteiger partial charge in [-0.3, -0.25) is 19.1 Å². The Morgan fingerprint density at radius 3 is 2.77 bits per heavy atom. The highest BCUT2D eigenvalue weighted by Gasteiger charge is 2.45. The summed E-state index contributed by atoms with van der Waals surface area (Å²) < 4.78 is 6.62. The molecule has 0 radical (unpaired) electrons. The van der Waals surface area contributed by atoms with E-state index in [0.29, 0.717) is 12.0 Å². The molecule has 0 saturated carbocycles. The molecule has 2 heterocycles. The fraction of sp³-hybridized carbons (Fsp3) is 0.588. The number of nitrogens with one attached hydrogen (secondary N) is 2. The highest BCUT2D eigenvalue weighted by atomic mass is 16.5. The van der Waals surface area contributed by atoms with Gasteiger partial charge < -0.3 is 20.3 Å². The van der Waals surface area contributed by atoms with Crippen molar-refractivity contribution in [2.24, 2.45) is 0 Å². The summed E-state index contributed by atoms with van der Waals surface area (Å²) in [4.78, 5) is 37.9. The number of aromatic nitrogens is 2. The summed E-state index contributed by atoms with van der Waals surface area (Å²) in [6.07, 6.45) is -0.287. The second-order valence-corrected chi connectivity index (χ2v) is 6.31. The summed E-state index contributed by atoms with van der Waals surface area (Å²) in [5.74, 6) is -0.543. The van der Waals surface area contributed by atoms with Crippen LogP contribution in [0.5, 0.6) is 0 Å². The molecule has 1 aromatic rings. The number of aliphatic hydroxyl groups excluding tert-OH is 2. The molecular formula is C17H25N3O6. The third-order valence-electron chi connectivity index (χ3n) is 4.43. The fourth-order valence-corrected chi connectivity index (χ4v) is 2.93. The molecule has 26 heavy (non-hydrogen) atoms. The monoisotopic (exact) mass is 367 g/mol. The van der Waals surface area contributed by atoms with Gasteiger partial charge in [0.25, 0.3) is 5.56 Å². The number of hydrogen-bond acceptors (Lipinski definition) is 7. The molecule has 9 nitrogen and oxygen atoms in total. The first-order chi connectivity index (χ1) is 12.4. The van der Waals surface area contributed by atoms with Crippen molar-refractivity contribution in [2.75, 3.05) is 13.6 Å². The van der Waals surface area contributed by atoms with Gasteiger partial charge in [-0.05, 0) is 38.9 Å². The number of nitrogens with zero attached hydrogens (tertiary/aromatic N) is 1. The predicted octanol–water partition coefficient (Wildman–Crippen LogP) is -1.68. The van der Waals surface area contributed by atoms with Crippen LogP contribution in [-0.4, -0.2) is 63.6 Å². The van der Waals surface area contributed by atoms with Gasteiger partial charge in [0.15, 0.2) is 5.78 Å². The van der Waals surface area contributed by atoms with Gasteiger partial charge in [0, 0.05) is 11.8 Å². The number of rotatable bonds is 9. The maximum Gasteiger partial charge on any atom is 0.328 e. The summed E-state index contributed by atoms with van der Waals surface area (Å²) in [6.45, 7) is 4.06. The maximum absolute atomic E-state index is 12.0. The lowest BCUT2D eigenvalue weighted by atomic mass is 10.0. The lowest BCUT2D eigenvalue weighted by Gasteiger charge is -2.16. The molecule has 1 fully saturated rings. The van der Waals surface area contributed by atoms with E-state index in [1.54, 1.807) is 0 Å². The van der Waals surface area contributed by atoms with E-state index in [1.807, 2.05) is 7.05 Å². The molecule has 4 unspecified atom stereocenters. The number of aromatic amines is 1. The van der Waals surface area contributed by atoms with Gasteiger partial charge in [0.1, 0.15) is 24.4 Å². The number of carbonyl (C=O) groups is 1. The zero-order valence-electron chi connectivity index (χ0n) is 14.7. The van der Waals surface area contributed by atoms with Crippen molar-refractivity contribution in [1.82, 2.24) is 14.9 Å². The van der Waals surface area contributed by atoms with Gasteiger partial charge >= 0.3 is 5.69 Å². The molecule has 0 bridgehead atoms. The van der Waals surface area contributed by atoms with Gasteiger partial charge in [0.2, 0.25) is 0 Å². The van der Waals surface area contributed by atoms with Crippen LogP contribution in [-0.2, 0) is 22.5 Å². The number of aryl methyl sites for hydroxylation is 1. The second kappa shape index (κ2) is 9.04. The smallest absolute Gasteiger partial charge is 0.328 e. The standard InChI is InChI=1S/C17H25N3O6/c1-3-11(21)15-14(23)13(22)12(26-15)9-20-8-10(6-4-5-7-18-2)16(24)19-17(20)25/h3,8,12-15,18,22-23H,1,4-7,9H2,2H3,(H,19,24,25). The summed E-state index contributed by atoms with van der Waals surface area (Å²) in [6, 6.07) is 0. The molecule has 1 aliphatic rings. The lowest BCUT2D eigenvalue weighted by Crippen LogP contribution is -2.39. The molecule has 0 aliphatic carbocycles. The minimum Gasteiger partial charge on any atom is -0.388 e. The van der Waals surface area contributed by atoms with Gasteiger partial charge in [-0.1, -0.05) is 6.58 Å². The Labute approximate surface area is 150 Å². The van der Waals surface area contributed by atoms with E-state index in [2.05, 4.69) is 16.9 Å². The van der Waals surface area contributed by atoms with Crippen LogP contribution in [0.3, 0.4) is 0 Å². The summed E-state index contributed by atoms with van der Waals surface area (Å²) in [5.41, 5.74) is -0.631. The second-order valence-electron chi connectivity index (χ2n) is 6.31. The Hall–Kier alpha value is -2.07. The third-order valence-corrected chi connectivity index (χ3v) is 4.43. The Morgan fingerprint density at radius 2 is 2.12 bits per heavy atom. The van der Waals surface area contributed by atoms with Crippen molar-refractivity contribution in [3.05, 3.63) is 45.3 Å². The number of hydrogen-bond donors (Lipinski definition) is 4. The van der Waals surface area contributed by atoms with Crippen LogP contribution >= 0.6 is 0 Å². The molecule has 0 spiro atoms. The Kier molecular flexibility index (Phi) is 7.04. The number of unbranched alkanes of at least 4 members (excludes halogenated alkanes) is 1. The number of aliphatic hydroxyl groups is 2. The minimum absolute atomic E-state index is 0.0989. The van der Waals surface area contributed by atoms with E-state index in [0.717, 1.165) is 25.5 Å². The molecule has 4 N–H and O–H groups in total. The Balaban J connectivity index is 2.13. The highest BCUT2D eigenvalue weighted by Crippen LogP contribution is 2.23. The molecule has 0 amide bonds. The number of ether oxygens (including phenoxy) is 1. The summed E-state index contributed by atoms with van der Waals surface area (Å²) in [7, 11) is 1.85. The van der Waals surface area contributed by atoms with E-state index >= 15 is 0 Å². The SMILES string of the molecule is C=CC(=O)C1OC(Cn2cc(CCCCNC)c(=O)[nH]c2=O)C(O)C1O. The third kappa shape index (κ3) is 4.55. The highest BCUT2D eigenvalue weighted by molar-refractivity contribution is 5.93. The first kappa shape index (κ1) is 20.2. The van der Waals surface area contributed by atoms with Crippen LogP contribution in [0.1, 0.15) is 18.4 Å². The predicted molar refractivity (Wildman–Crippen MR) is 94.1 cm³/mol.